The van der Waals surface area contributed by atoms with Gasteiger partial charge in [0.25, 0.3) is 0 Å². The number of carbonyl (C=O) groups is 1. The normalized spacial score (nSPS) is 11.4. The second-order valence-electron chi connectivity index (χ2n) is 6.92. The van der Waals surface area contributed by atoms with E-state index in [1.807, 2.05) is 42.5 Å². The van der Waals surface area contributed by atoms with Gasteiger partial charge in [0.05, 0.1) is 11.4 Å². The van der Waals surface area contributed by atoms with Gasteiger partial charge in [-0.15, -0.1) is 10.2 Å². The SMILES string of the molecule is CC(C)(CNC(=O)CSc1nncn1-c1cccc(Cl)c1)c1cccc(Cl)c1. The molecule has 0 aliphatic carbocycles. The quantitative estimate of drug-likeness (QED) is 0.544. The Morgan fingerprint density at radius 2 is 1.86 bits per heavy atom. The van der Waals surface area contributed by atoms with Crippen molar-refractivity contribution in [2.75, 3.05) is 12.3 Å². The molecular weight excluding hydrogens is 415 g/mol. The zero-order valence-electron chi connectivity index (χ0n) is 15.5. The van der Waals surface area contributed by atoms with Crippen molar-refractivity contribution in [2.45, 2.75) is 24.4 Å². The molecule has 5 nitrogen and oxygen atoms in total. The van der Waals surface area contributed by atoms with E-state index in [-0.39, 0.29) is 17.1 Å². The fourth-order valence-corrected chi connectivity index (χ4v) is 3.77. The molecule has 0 fully saturated rings. The smallest absolute Gasteiger partial charge is 0.230 e. The Morgan fingerprint density at radius 1 is 1.14 bits per heavy atom. The van der Waals surface area contributed by atoms with Crippen molar-refractivity contribution in [1.82, 2.24) is 20.1 Å². The number of nitrogens with zero attached hydrogens (tertiary/aromatic N) is 3. The largest absolute Gasteiger partial charge is 0.355 e. The van der Waals surface area contributed by atoms with Gasteiger partial charge < -0.3 is 5.32 Å². The van der Waals surface area contributed by atoms with Gasteiger partial charge in [0.15, 0.2) is 5.16 Å². The van der Waals surface area contributed by atoms with Gasteiger partial charge in [-0.05, 0) is 35.9 Å². The van der Waals surface area contributed by atoms with Crippen LogP contribution in [-0.4, -0.2) is 33.0 Å². The van der Waals surface area contributed by atoms with E-state index in [0.717, 1.165) is 11.3 Å². The van der Waals surface area contributed by atoms with E-state index in [1.54, 1.807) is 17.0 Å². The molecule has 28 heavy (non-hydrogen) atoms. The first-order valence-corrected chi connectivity index (χ1v) is 10.4. The molecule has 0 saturated carbocycles. The molecule has 0 aliphatic rings. The Kier molecular flexibility index (Phi) is 6.65. The van der Waals surface area contributed by atoms with Crippen molar-refractivity contribution in [1.29, 1.82) is 0 Å². The van der Waals surface area contributed by atoms with Gasteiger partial charge in [-0.3, -0.25) is 9.36 Å². The van der Waals surface area contributed by atoms with Crippen molar-refractivity contribution < 1.29 is 4.79 Å². The third-order valence-electron chi connectivity index (χ3n) is 4.27. The summed E-state index contributed by atoms with van der Waals surface area (Å²) in [5, 5.41) is 13.0. The molecule has 0 saturated heterocycles. The van der Waals surface area contributed by atoms with Crippen LogP contribution >= 0.6 is 35.0 Å². The van der Waals surface area contributed by atoms with Gasteiger partial charge in [0, 0.05) is 22.0 Å². The standard InChI is InChI=1S/C20H20Cl2N4OS/c1-20(2,14-5-3-6-15(21)9-14)12-23-18(27)11-28-19-25-24-13-26(19)17-8-4-7-16(22)10-17/h3-10,13H,11-12H2,1-2H3,(H,23,27). The van der Waals surface area contributed by atoms with E-state index >= 15 is 0 Å². The molecule has 3 rings (SSSR count). The van der Waals surface area contributed by atoms with E-state index < -0.39 is 0 Å². The topological polar surface area (TPSA) is 59.8 Å². The molecule has 0 spiro atoms. The van der Waals surface area contributed by atoms with Crippen LogP contribution in [0.15, 0.2) is 60.0 Å². The monoisotopic (exact) mass is 434 g/mol. The fourth-order valence-electron chi connectivity index (χ4n) is 2.64. The van der Waals surface area contributed by atoms with Crippen LogP contribution in [0.25, 0.3) is 5.69 Å². The predicted molar refractivity (Wildman–Crippen MR) is 115 cm³/mol. The lowest BCUT2D eigenvalue weighted by atomic mass is 9.84. The van der Waals surface area contributed by atoms with Crippen LogP contribution in [0, 0.1) is 0 Å². The minimum Gasteiger partial charge on any atom is -0.355 e. The number of carbonyl (C=O) groups excluding carboxylic acids is 1. The number of rotatable bonds is 7. The van der Waals surface area contributed by atoms with Crippen LogP contribution in [0.5, 0.6) is 0 Å². The summed E-state index contributed by atoms with van der Waals surface area (Å²) in [5.41, 5.74) is 1.70. The van der Waals surface area contributed by atoms with Crippen LogP contribution in [0.4, 0.5) is 0 Å². The second kappa shape index (κ2) is 8.99. The highest BCUT2D eigenvalue weighted by molar-refractivity contribution is 7.99. The van der Waals surface area contributed by atoms with Gasteiger partial charge in [-0.2, -0.15) is 0 Å². The third-order valence-corrected chi connectivity index (χ3v) is 5.68. The minimum atomic E-state index is -0.230. The van der Waals surface area contributed by atoms with Crippen molar-refractivity contribution in [3.8, 4) is 5.69 Å². The average Bonchev–Trinajstić information content (AvgIpc) is 3.13. The molecule has 0 atom stereocenters. The van der Waals surface area contributed by atoms with Crippen molar-refractivity contribution >= 4 is 40.9 Å². The first-order chi connectivity index (χ1) is 13.3. The van der Waals surface area contributed by atoms with E-state index in [1.165, 1.54) is 11.8 Å². The molecule has 146 valence electrons. The number of hydrogen-bond acceptors (Lipinski definition) is 4. The summed E-state index contributed by atoms with van der Waals surface area (Å²) in [7, 11) is 0. The Labute approximate surface area is 178 Å². The molecule has 0 unspecified atom stereocenters. The van der Waals surface area contributed by atoms with Crippen LogP contribution in [0.2, 0.25) is 10.0 Å². The van der Waals surface area contributed by atoms with E-state index in [4.69, 9.17) is 23.2 Å². The first kappa shape index (κ1) is 20.7. The lowest BCUT2D eigenvalue weighted by molar-refractivity contribution is -0.118. The van der Waals surface area contributed by atoms with Crippen molar-refractivity contribution in [3.05, 3.63) is 70.5 Å². The lowest BCUT2D eigenvalue weighted by Gasteiger charge is -2.25. The van der Waals surface area contributed by atoms with Crippen molar-refractivity contribution in [2.24, 2.45) is 0 Å². The Bertz CT molecular complexity index is 974. The number of halogens is 2. The highest BCUT2D eigenvalue weighted by Crippen LogP contribution is 2.25. The molecule has 0 radical (unpaired) electrons. The third kappa shape index (κ3) is 5.28. The number of nitrogens with one attached hydrogen (secondary N) is 1. The van der Waals surface area contributed by atoms with E-state index in [2.05, 4.69) is 29.4 Å². The molecule has 1 heterocycles. The number of amides is 1. The summed E-state index contributed by atoms with van der Waals surface area (Å²) < 4.78 is 1.81. The average molecular weight is 435 g/mol. The number of benzene rings is 2. The van der Waals surface area contributed by atoms with Gasteiger partial charge in [-0.25, -0.2) is 0 Å². The molecule has 3 aromatic rings. The minimum absolute atomic E-state index is 0.0688. The van der Waals surface area contributed by atoms with Crippen molar-refractivity contribution in [3.63, 3.8) is 0 Å². The molecule has 1 amide bonds. The number of aromatic nitrogens is 3. The van der Waals surface area contributed by atoms with Crippen LogP contribution in [0.3, 0.4) is 0 Å². The number of hydrogen-bond donors (Lipinski definition) is 1. The van der Waals surface area contributed by atoms with E-state index in [9.17, 15) is 4.79 Å². The summed E-state index contributed by atoms with van der Waals surface area (Å²) in [4.78, 5) is 12.3. The highest BCUT2D eigenvalue weighted by atomic mass is 35.5. The molecule has 0 bridgehead atoms. The Balaban J connectivity index is 1.58. The summed E-state index contributed by atoms with van der Waals surface area (Å²) in [6, 6.07) is 15.1. The second-order valence-corrected chi connectivity index (χ2v) is 8.74. The zero-order valence-corrected chi connectivity index (χ0v) is 17.9. The summed E-state index contributed by atoms with van der Waals surface area (Å²) in [6.07, 6.45) is 1.61. The van der Waals surface area contributed by atoms with Gasteiger partial charge in [0.2, 0.25) is 5.91 Å². The summed E-state index contributed by atoms with van der Waals surface area (Å²) in [5.74, 6) is 0.172. The van der Waals surface area contributed by atoms with Gasteiger partial charge >= 0.3 is 0 Å². The highest BCUT2D eigenvalue weighted by Gasteiger charge is 2.22. The molecule has 8 heteroatoms. The molecule has 1 aromatic heterocycles. The molecule has 2 aromatic carbocycles. The fraction of sp³-hybridized carbons (Fsp3) is 0.250. The molecule has 1 N–H and O–H groups in total. The summed E-state index contributed by atoms with van der Waals surface area (Å²) >= 11 is 13.5. The maximum Gasteiger partial charge on any atom is 0.230 e. The zero-order chi connectivity index (χ0) is 20.1. The Hall–Kier alpha value is -2.02. The molecular formula is C20H20Cl2N4OS. The van der Waals surface area contributed by atoms with Crippen LogP contribution in [-0.2, 0) is 10.2 Å². The number of thioether (sulfide) groups is 1. The predicted octanol–water partition coefficient (Wildman–Crippen LogP) is 4.76. The van der Waals surface area contributed by atoms with Crippen LogP contribution in [0.1, 0.15) is 19.4 Å². The van der Waals surface area contributed by atoms with Crippen LogP contribution < -0.4 is 5.32 Å². The first-order valence-electron chi connectivity index (χ1n) is 8.67. The van der Waals surface area contributed by atoms with E-state index in [0.29, 0.717) is 21.7 Å². The maximum absolute atomic E-state index is 12.3. The van der Waals surface area contributed by atoms with Gasteiger partial charge in [0.1, 0.15) is 6.33 Å². The lowest BCUT2D eigenvalue weighted by Crippen LogP contribution is -2.37. The van der Waals surface area contributed by atoms with Gasteiger partial charge in [-0.1, -0.05) is 67.0 Å². The summed E-state index contributed by atoms with van der Waals surface area (Å²) in [6.45, 7) is 4.65. The maximum atomic E-state index is 12.3. The Morgan fingerprint density at radius 3 is 2.57 bits per heavy atom. The molecule has 0 aliphatic heterocycles.